The van der Waals surface area contributed by atoms with Gasteiger partial charge in [-0.3, -0.25) is 9.78 Å². The van der Waals surface area contributed by atoms with E-state index in [0.29, 0.717) is 5.69 Å². The second-order valence-corrected chi connectivity index (χ2v) is 5.86. The Morgan fingerprint density at radius 3 is 2.58 bits per heavy atom. The normalized spacial score (nSPS) is 12.2. The molecule has 26 heavy (non-hydrogen) atoms. The third-order valence-corrected chi connectivity index (χ3v) is 4.12. The van der Waals surface area contributed by atoms with Crippen molar-refractivity contribution in [3.05, 3.63) is 72.1 Å². The maximum Gasteiger partial charge on any atom is 0.244 e. The number of carbonyl (C=O) groups excluding carboxylic acids is 1. The van der Waals surface area contributed by atoms with E-state index in [1.165, 1.54) is 6.08 Å². The van der Waals surface area contributed by atoms with E-state index in [1.807, 2.05) is 55.5 Å². The summed E-state index contributed by atoms with van der Waals surface area (Å²) in [6.45, 7) is 2.04. The average Bonchev–Trinajstić information content (AvgIpc) is 2.70. The van der Waals surface area contributed by atoms with Gasteiger partial charge in [-0.25, -0.2) is 4.98 Å². The quantitative estimate of drug-likeness (QED) is 0.687. The fourth-order valence-corrected chi connectivity index (χ4v) is 2.69. The molecule has 0 aliphatic heterocycles. The largest absolute Gasteiger partial charge is 0.497 e. The predicted molar refractivity (Wildman–Crippen MR) is 103 cm³/mol. The number of ether oxygens (including phenoxy) is 1. The van der Waals surface area contributed by atoms with Crippen LogP contribution in [0.4, 0.5) is 0 Å². The van der Waals surface area contributed by atoms with Gasteiger partial charge in [-0.1, -0.05) is 31.2 Å². The molecule has 0 saturated heterocycles. The van der Waals surface area contributed by atoms with Crippen LogP contribution in [0.1, 0.15) is 30.6 Å². The van der Waals surface area contributed by atoms with Crippen molar-refractivity contribution in [1.82, 2.24) is 15.3 Å². The van der Waals surface area contributed by atoms with E-state index in [4.69, 9.17) is 4.74 Å². The Labute approximate surface area is 152 Å². The van der Waals surface area contributed by atoms with Gasteiger partial charge in [0.1, 0.15) is 5.75 Å². The molecule has 1 unspecified atom stereocenters. The average molecular weight is 347 g/mol. The number of amides is 1. The van der Waals surface area contributed by atoms with Crippen molar-refractivity contribution < 1.29 is 9.53 Å². The highest BCUT2D eigenvalue weighted by Crippen LogP contribution is 2.20. The molecule has 3 aromatic rings. The van der Waals surface area contributed by atoms with Gasteiger partial charge in [-0.05, 0) is 42.3 Å². The third kappa shape index (κ3) is 4.25. The molecular formula is C21H21N3O2. The Bertz CT molecular complexity index is 920. The van der Waals surface area contributed by atoms with Gasteiger partial charge < -0.3 is 10.1 Å². The third-order valence-electron chi connectivity index (χ3n) is 4.12. The van der Waals surface area contributed by atoms with Crippen molar-refractivity contribution in [2.75, 3.05) is 7.11 Å². The van der Waals surface area contributed by atoms with E-state index in [0.717, 1.165) is 28.8 Å². The zero-order valence-corrected chi connectivity index (χ0v) is 14.8. The summed E-state index contributed by atoms with van der Waals surface area (Å²) in [6, 6.07) is 15.3. The minimum atomic E-state index is -0.164. The molecular weight excluding hydrogens is 326 g/mol. The van der Waals surface area contributed by atoms with Crippen LogP contribution in [0.25, 0.3) is 17.1 Å². The second kappa shape index (κ2) is 8.25. The fourth-order valence-electron chi connectivity index (χ4n) is 2.69. The minimum Gasteiger partial charge on any atom is -0.497 e. The highest BCUT2D eigenvalue weighted by atomic mass is 16.5. The van der Waals surface area contributed by atoms with Gasteiger partial charge in [0.15, 0.2) is 0 Å². The standard InChI is InChI=1S/C21H21N3O2/c1-3-18(15-8-11-17(26-2)12-9-15)24-21(25)13-10-16-14-22-19-6-4-5-7-20(19)23-16/h4-14,18H,3H2,1-2H3,(H,24,25)/b13-10+. The van der Waals surface area contributed by atoms with E-state index in [2.05, 4.69) is 15.3 Å². The summed E-state index contributed by atoms with van der Waals surface area (Å²) in [6.07, 6.45) is 5.62. The van der Waals surface area contributed by atoms with Gasteiger partial charge in [-0.2, -0.15) is 0 Å². The molecule has 1 heterocycles. The number of hydrogen-bond acceptors (Lipinski definition) is 4. The molecule has 5 heteroatoms. The molecule has 0 aliphatic rings. The molecule has 0 aliphatic carbocycles. The summed E-state index contributed by atoms with van der Waals surface area (Å²) in [4.78, 5) is 21.1. The number of fused-ring (bicyclic) bond motifs is 1. The van der Waals surface area contributed by atoms with Crippen LogP contribution in [-0.4, -0.2) is 23.0 Å². The summed E-state index contributed by atoms with van der Waals surface area (Å²) >= 11 is 0. The van der Waals surface area contributed by atoms with Crippen molar-refractivity contribution in [3.63, 3.8) is 0 Å². The number of rotatable bonds is 6. The SMILES string of the molecule is CCC(NC(=O)/C=C/c1cnc2ccccc2n1)c1ccc(OC)cc1. The molecule has 132 valence electrons. The molecule has 0 fully saturated rings. The number of methoxy groups -OCH3 is 1. The molecule has 1 aromatic heterocycles. The minimum absolute atomic E-state index is 0.0549. The maximum atomic E-state index is 12.3. The molecule has 3 rings (SSSR count). The molecule has 0 bridgehead atoms. The van der Waals surface area contributed by atoms with E-state index in [1.54, 1.807) is 19.4 Å². The molecule has 1 atom stereocenters. The van der Waals surface area contributed by atoms with E-state index in [-0.39, 0.29) is 11.9 Å². The molecule has 1 amide bonds. The van der Waals surface area contributed by atoms with Crippen LogP contribution in [0.2, 0.25) is 0 Å². The van der Waals surface area contributed by atoms with Gasteiger partial charge in [0, 0.05) is 6.08 Å². The van der Waals surface area contributed by atoms with E-state index >= 15 is 0 Å². The monoisotopic (exact) mass is 347 g/mol. The highest BCUT2D eigenvalue weighted by Gasteiger charge is 2.11. The zero-order chi connectivity index (χ0) is 18.4. The Hall–Kier alpha value is -3.21. The van der Waals surface area contributed by atoms with Crippen LogP contribution >= 0.6 is 0 Å². The summed E-state index contributed by atoms with van der Waals surface area (Å²) < 4.78 is 5.17. The van der Waals surface area contributed by atoms with Gasteiger partial charge in [0.2, 0.25) is 5.91 Å². The van der Waals surface area contributed by atoms with Crippen LogP contribution in [0, 0.1) is 0 Å². The van der Waals surface area contributed by atoms with Gasteiger partial charge in [0.05, 0.1) is 36.1 Å². The summed E-state index contributed by atoms with van der Waals surface area (Å²) in [7, 11) is 1.63. The summed E-state index contributed by atoms with van der Waals surface area (Å²) in [5, 5.41) is 3.01. The topological polar surface area (TPSA) is 64.1 Å². The number of benzene rings is 2. The van der Waals surface area contributed by atoms with Gasteiger partial charge >= 0.3 is 0 Å². The van der Waals surface area contributed by atoms with Crippen molar-refractivity contribution in [1.29, 1.82) is 0 Å². The molecule has 0 spiro atoms. The first kappa shape index (κ1) is 17.6. The lowest BCUT2D eigenvalue weighted by molar-refractivity contribution is -0.117. The van der Waals surface area contributed by atoms with Gasteiger partial charge in [0.25, 0.3) is 0 Å². The van der Waals surface area contributed by atoms with E-state index in [9.17, 15) is 4.79 Å². The van der Waals surface area contributed by atoms with Crippen molar-refractivity contribution in [3.8, 4) is 5.75 Å². The Kier molecular flexibility index (Phi) is 5.59. The lowest BCUT2D eigenvalue weighted by atomic mass is 10.0. The number of para-hydroxylation sites is 2. The number of aromatic nitrogens is 2. The van der Waals surface area contributed by atoms with Crippen LogP contribution in [0.15, 0.2) is 60.8 Å². The number of nitrogens with zero attached hydrogens (tertiary/aromatic N) is 2. The molecule has 0 radical (unpaired) electrons. The number of carbonyl (C=O) groups is 1. The van der Waals surface area contributed by atoms with E-state index < -0.39 is 0 Å². The lowest BCUT2D eigenvalue weighted by Crippen LogP contribution is -2.26. The molecule has 0 saturated carbocycles. The first-order valence-corrected chi connectivity index (χ1v) is 8.54. The first-order chi connectivity index (χ1) is 12.7. The zero-order valence-electron chi connectivity index (χ0n) is 14.8. The Morgan fingerprint density at radius 1 is 1.15 bits per heavy atom. The second-order valence-electron chi connectivity index (χ2n) is 5.86. The molecule has 1 N–H and O–H groups in total. The number of hydrogen-bond donors (Lipinski definition) is 1. The van der Waals surface area contributed by atoms with Crippen molar-refractivity contribution in [2.24, 2.45) is 0 Å². The van der Waals surface area contributed by atoms with Crippen LogP contribution in [-0.2, 0) is 4.79 Å². The lowest BCUT2D eigenvalue weighted by Gasteiger charge is -2.16. The van der Waals surface area contributed by atoms with Crippen LogP contribution in [0.3, 0.4) is 0 Å². The first-order valence-electron chi connectivity index (χ1n) is 8.54. The van der Waals surface area contributed by atoms with Crippen LogP contribution in [0.5, 0.6) is 5.75 Å². The van der Waals surface area contributed by atoms with Crippen LogP contribution < -0.4 is 10.1 Å². The maximum absolute atomic E-state index is 12.3. The number of nitrogens with one attached hydrogen (secondary N) is 1. The summed E-state index contributed by atoms with van der Waals surface area (Å²) in [5.74, 6) is 0.632. The van der Waals surface area contributed by atoms with Crippen molar-refractivity contribution >= 4 is 23.0 Å². The molecule has 2 aromatic carbocycles. The predicted octanol–water partition coefficient (Wildman–Crippen LogP) is 3.92. The Morgan fingerprint density at radius 2 is 1.88 bits per heavy atom. The molecule has 5 nitrogen and oxygen atoms in total. The fraction of sp³-hybridized carbons (Fsp3) is 0.190. The smallest absolute Gasteiger partial charge is 0.244 e. The highest BCUT2D eigenvalue weighted by molar-refractivity contribution is 5.92. The van der Waals surface area contributed by atoms with Crippen molar-refractivity contribution in [2.45, 2.75) is 19.4 Å². The summed E-state index contributed by atoms with van der Waals surface area (Å²) in [5.41, 5.74) is 3.33. The van der Waals surface area contributed by atoms with Gasteiger partial charge in [-0.15, -0.1) is 0 Å². The Balaban J connectivity index is 1.68.